The second kappa shape index (κ2) is 6.41. The summed E-state index contributed by atoms with van der Waals surface area (Å²) in [6.07, 6.45) is 0.848. The van der Waals surface area contributed by atoms with Gasteiger partial charge in [0.2, 0.25) is 10.0 Å². The molecule has 1 saturated heterocycles. The maximum absolute atomic E-state index is 12.5. The first-order valence-corrected chi connectivity index (χ1v) is 8.89. The van der Waals surface area contributed by atoms with Gasteiger partial charge in [-0.25, -0.2) is 8.42 Å². The Hall–Kier alpha value is 0.340. The minimum absolute atomic E-state index is 0. The van der Waals surface area contributed by atoms with Crippen LogP contribution >= 0.6 is 39.7 Å². The molecule has 1 aliphatic heterocycles. The average Bonchev–Trinajstić information content (AvgIpc) is 2.85. The van der Waals surface area contributed by atoms with E-state index in [9.17, 15) is 8.42 Å². The molecule has 2 N–H and O–H groups in total. The Morgan fingerprint density at radius 2 is 2.21 bits per heavy atom. The molecule has 0 amide bonds. The van der Waals surface area contributed by atoms with Crippen molar-refractivity contribution in [2.24, 2.45) is 11.7 Å². The lowest BCUT2D eigenvalue weighted by Gasteiger charge is -2.17. The molecular weight excluding hydrogens is 372 g/mol. The number of hydrogen-bond acceptors (Lipinski definition) is 4. The van der Waals surface area contributed by atoms with Crippen LogP contribution in [0.1, 0.15) is 18.2 Å². The number of hydrogen-bond donors (Lipinski definition) is 1. The number of sulfonamides is 1. The highest BCUT2D eigenvalue weighted by molar-refractivity contribution is 9.11. The van der Waals surface area contributed by atoms with Crippen molar-refractivity contribution in [3.05, 3.63) is 14.7 Å². The monoisotopic (exact) mass is 388 g/mol. The quantitative estimate of drug-likeness (QED) is 0.864. The van der Waals surface area contributed by atoms with Gasteiger partial charge in [0.05, 0.1) is 8.68 Å². The van der Waals surface area contributed by atoms with E-state index in [0.717, 1.165) is 15.1 Å². The Morgan fingerprint density at radius 3 is 2.63 bits per heavy atom. The Morgan fingerprint density at radius 1 is 1.58 bits per heavy atom. The number of thiophene rings is 1. The molecular formula is C11H18BrClN2O2S2. The first-order valence-electron chi connectivity index (χ1n) is 5.84. The van der Waals surface area contributed by atoms with Gasteiger partial charge in [-0.1, -0.05) is 0 Å². The molecule has 0 radical (unpaired) electrons. The van der Waals surface area contributed by atoms with E-state index in [0.29, 0.717) is 18.0 Å². The van der Waals surface area contributed by atoms with Gasteiger partial charge in [0.25, 0.3) is 0 Å². The van der Waals surface area contributed by atoms with Crippen molar-refractivity contribution in [3.63, 3.8) is 0 Å². The van der Waals surface area contributed by atoms with Crippen LogP contribution in [0.3, 0.4) is 0 Å². The molecule has 8 heteroatoms. The highest BCUT2D eigenvalue weighted by atomic mass is 79.9. The van der Waals surface area contributed by atoms with Gasteiger partial charge in [0, 0.05) is 24.0 Å². The summed E-state index contributed by atoms with van der Waals surface area (Å²) < 4.78 is 27.4. The highest BCUT2D eigenvalue weighted by Gasteiger charge is 2.35. The molecule has 0 spiro atoms. The average molecular weight is 390 g/mol. The third-order valence-electron chi connectivity index (χ3n) is 3.39. The van der Waals surface area contributed by atoms with Crippen LogP contribution in [-0.2, 0) is 10.0 Å². The van der Waals surface area contributed by atoms with E-state index in [2.05, 4.69) is 15.9 Å². The zero-order chi connectivity index (χ0) is 13.5. The van der Waals surface area contributed by atoms with Gasteiger partial charge in [0.1, 0.15) is 0 Å². The van der Waals surface area contributed by atoms with Crippen LogP contribution in [0.25, 0.3) is 0 Å². The second-order valence-electron chi connectivity index (χ2n) is 4.74. The molecule has 1 aromatic rings. The van der Waals surface area contributed by atoms with Crippen LogP contribution in [-0.4, -0.2) is 31.9 Å². The molecule has 1 fully saturated rings. The van der Waals surface area contributed by atoms with Crippen molar-refractivity contribution in [3.8, 4) is 0 Å². The van der Waals surface area contributed by atoms with Crippen LogP contribution < -0.4 is 5.73 Å². The fraction of sp³-hybridized carbons (Fsp3) is 0.636. The lowest BCUT2D eigenvalue weighted by Crippen LogP contribution is -2.33. The van der Waals surface area contributed by atoms with E-state index in [1.165, 1.54) is 11.3 Å². The molecule has 4 nitrogen and oxygen atoms in total. The Labute approximate surface area is 133 Å². The largest absolute Gasteiger partial charge is 0.328 e. The minimum Gasteiger partial charge on any atom is -0.328 e. The van der Waals surface area contributed by atoms with Crippen molar-refractivity contribution >= 4 is 49.7 Å². The fourth-order valence-corrected chi connectivity index (χ4v) is 6.12. The molecule has 2 unspecified atom stereocenters. The molecule has 2 atom stereocenters. The minimum atomic E-state index is -3.36. The summed E-state index contributed by atoms with van der Waals surface area (Å²) >= 11 is 4.78. The first kappa shape index (κ1) is 17.4. The van der Waals surface area contributed by atoms with Gasteiger partial charge in [-0.3, -0.25) is 0 Å². The van der Waals surface area contributed by atoms with Crippen molar-refractivity contribution < 1.29 is 8.42 Å². The molecule has 110 valence electrons. The van der Waals surface area contributed by atoms with E-state index in [1.54, 1.807) is 10.4 Å². The molecule has 0 bridgehead atoms. The van der Waals surface area contributed by atoms with Gasteiger partial charge in [-0.15, -0.1) is 23.7 Å². The number of nitrogens with two attached hydrogens (primary N) is 1. The molecule has 2 rings (SSSR count). The van der Waals surface area contributed by atoms with Crippen LogP contribution in [0.4, 0.5) is 0 Å². The normalized spacial score (nSPS) is 22.2. The predicted molar refractivity (Wildman–Crippen MR) is 84.5 cm³/mol. The Balaban J connectivity index is 0.00000180. The summed E-state index contributed by atoms with van der Waals surface area (Å²) in [5.74, 6) is 0.266. The van der Waals surface area contributed by atoms with Crippen molar-refractivity contribution in [1.29, 1.82) is 0 Å². The number of aryl methyl sites for hydroxylation is 1. The summed E-state index contributed by atoms with van der Waals surface area (Å²) in [6, 6.07) is 1.73. The second-order valence-corrected chi connectivity index (χ2v) is 9.28. The SMILES string of the molecule is Cc1sc(Br)cc1S(=O)(=O)N1CCC(C(C)N)C1.Cl. The van der Waals surface area contributed by atoms with Gasteiger partial charge in [-0.2, -0.15) is 4.31 Å². The molecule has 19 heavy (non-hydrogen) atoms. The van der Waals surface area contributed by atoms with Gasteiger partial charge in [0.15, 0.2) is 0 Å². The summed E-state index contributed by atoms with van der Waals surface area (Å²) in [4.78, 5) is 1.25. The van der Waals surface area contributed by atoms with Gasteiger partial charge >= 0.3 is 0 Å². The third kappa shape index (κ3) is 3.51. The summed E-state index contributed by atoms with van der Waals surface area (Å²) in [5, 5.41) is 0. The molecule has 0 saturated carbocycles. The smallest absolute Gasteiger partial charge is 0.244 e. The van der Waals surface area contributed by atoms with Crippen molar-refractivity contribution in [1.82, 2.24) is 4.31 Å². The van der Waals surface area contributed by atoms with E-state index in [-0.39, 0.29) is 24.4 Å². The maximum atomic E-state index is 12.5. The van der Waals surface area contributed by atoms with E-state index in [4.69, 9.17) is 5.73 Å². The summed E-state index contributed by atoms with van der Waals surface area (Å²) in [7, 11) is -3.36. The van der Waals surface area contributed by atoms with Crippen molar-refractivity contribution in [2.75, 3.05) is 13.1 Å². The number of rotatable bonds is 3. The zero-order valence-electron chi connectivity index (χ0n) is 10.8. The summed E-state index contributed by atoms with van der Waals surface area (Å²) in [6.45, 7) is 4.88. The lowest BCUT2D eigenvalue weighted by molar-refractivity contribution is 0.429. The maximum Gasteiger partial charge on any atom is 0.244 e. The van der Waals surface area contributed by atoms with Crippen LogP contribution in [0.2, 0.25) is 0 Å². The third-order valence-corrected chi connectivity index (χ3v) is 7.07. The van der Waals surface area contributed by atoms with Crippen LogP contribution in [0.15, 0.2) is 14.7 Å². The summed E-state index contributed by atoms with van der Waals surface area (Å²) in [5.41, 5.74) is 5.85. The number of nitrogens with zero attached hydrogens (tertiary/aromatic N) is 1. The van der Waals surface area contributed by atoms with Crippen LogP contribution in [0.5, 0.6) is 0 Å². The zero-order valence-corrected chi connectivity index (χ0v) is 14.8. The first-order chi connectivity index (χ1) is 8.32. The van der Waals surface area contributed by atoms with Gasteiger partial charge in [-0.05, 0) is 48.2 Å². The topological polar surface area (TPSA) is 63.4 Å². The van der Waals surface area contributed by atoms with E-state index < -0.39 is 10.0 Å². The Kier molecular flexibility index (Phi) is 5.86. The lowest BCUT2D eigenvalue weighted by atomic mass is 10.0. The molecule has 1 aromatic heterocycles. The van der Waals surface area contributed by atoms with E-state index in [1.807, 2.05) is 13.8 Å². The molecule has 0 aromatic carbocycles. The predicted octanol–water partition coefficient (Wildman–Crippen LogP) is 2.60. The standard InChI is InChI=1S/C11H17BrN2O2S2.ClH/c1-7(13)9-3-4-14(6-9)18(15,16)10-5-11(12)17-8(10)2;/h5,7,9H,3-4,6,13H2,1-2H3;1H. The van der Waals surface area contributed by atoms with Gasteiger partial charge < -0.3 is 5.73 Å². The van der Waals surface area contributed by atoms with E-state index >= 15 is 0 Å². The van der Waals surface area contributed by atoms with Crippen LogP contribution in [0, 0.1) is 12.8 Å². The molecule has 0 aliphatic carbocycles. The Bertz CT molecular complexity index is 545. The van der Waals surface area contributed by atoms with Crippen molar-refractivity contribution in [2.45, 2.75) is 31.2 Å². The fourth-order valence-electron chi connectivity index (χ4n) is 2.23. The molecule has 1 aliphatic rings. The molecule has 2 heterocycles. The highest BCUT2D eigenvalue weighted by Crippen LogP contribution is 2.33. The number of halogens is 2.